The maximum absolute atomic E-state index is 5.19. The Morgan fingerprint density at radius 3 is 2.77 bits per heavy atom. The first-order valence-corrected chi connectivity index (χ1v) is 8.70. The van der Waals surface area contributed by atoms with Gasteiger partial charge in [0.2, 0.25) is 0 Å². The fourth-order valence-corrected chi connectivity index (χ4v) is 3.82. The predicted molar refractivity (Wildman–Crippen MR) is 94.5 cm³/mol. The molecule has 0 aromatic carbocycles. The molecule has 120 valence electrons. The van der Waals surface area contributed by atoms with E-state index in [4.69, 9.17) is 4.52 Å². The Labute approximate surface area is 143 Å². The van der Waals surface area contributed by atoms with Gasteiger partial charge in [0.05, 0.1) is 16.0 Å². The fraction of sp³-hybridized carbons (Fsp3) is 0.467. The molecule has 0 aliphatic heterocycles. The van der Waals surface area contributed by atoms with Crippen molar-refractivity contribution in [1.29, 1.82) is 0 Å². The fourth-order valence-electron chi connectivity index (χ4n) is 2.29. The van der Waals surface area contributed by atoms with Crippen molar-refractivity contribution in [3.63, 3.8) is 0 Å². The lowest BCUT2D eigenvalue weighted by Crippen LogP contribution is -2.39. The molecule has 22 heavy (non-hydrogen) atoms. The van der Waals surface area contributed by atoms with Crippen molar-refractivity contribution in [2.24, 2.45) is 4.99 Å². The zero-order chi connectivity index (χ0) is 16.1. The van der Waals surface area contributed by atoms with Crippen LogP contribution in [0.25, 0.3) is 0 Å². The molecule has 0 saturated carbocycles. The second-order valence-corrected chi connectivity index (χ2v) is 7.64. The van der Waals surface area contributed by atoms with Crippen LogP contribution in [0, 0.1) is 13.8 Å². The Hall–Kier alpha value is -1.34. The van der Waals surface area contributed by atoms with Gasteiger partial charge >= 0.3 is 0 Å². The van der Waals surface area contributed by atoms with Gasteiger partial charge in [-0.2, -0.15) is 0 Å². The normalized spacial score (nSPS) is 11.8. The van der Waals surface area contributed by atoms with Crippen LogP contribution in [0.15, 0.2) is 25.4 Å². The lowest BCUT2D eigenvalue weighted by molar-refractivity contribution is 0.392. The quantitative estimate of drug-likeness (QED) is 0.634. The number of guanidine groups is 1. The molecule has 0 amide bonds. The lowest BCUT2D eigenvalue weighted by atomic mass is 10.1. The third-order valence-corrected chi connectivity index (χ3v) is 5.04. The van der Waals surface area contributed by atoms with Crippen molar-refractivity contribution < 1.29 is 4.52 Å². The molecule has 0 fully saturated rings. The maximum Gasteiger partial charge on any atom is 0.193 e. The van der Waals surface area contributed by atoms with Gasteiger partial charge in [0.25, 0.3) is 0 Å². The number of aryl methyl sites for hydroxylation is 2. The van der Waals surface area contributed by atoms with Crippen LogP contribution in [-0.2, 0) is 13.0 Å². The molecule has 2 rings (SSSR count). The molecule has 2 heterocycles. The van der Waals surface area contributed by atoms with Crippen molar-refractivity contribution in [2.75, 3.05) is 20.6 Å². The SMILES string of the molecule is CN=C(NCCc1c(C)noc1C)N(C)Cc1ccc(Br)s1. The van der Waals surface area contributed by atoms with Gasteiger partial charge in [-0.05, 0) is 48.3 Å². The van der Waals surface area contributed by atoms with Crippen LogP contribution in [0.5, 0.6) is 0 Å². The molecule has 0 saturated heterocycles. The summed E-state index contributed by atoms with van der Waals surface area (Å²) >= 11 is 5.23. The van der Waals surface area contributed by atoms with Crippen LogP contribution >= 0.6 is 27.3 Å². The number of aromatic nitrogens is 1. The van der Waals surface area contributed by atoms with Crippen molar-refractivity contribution in [2.45, 2.75) is 26.8 Å². The zero-order valence-corrected chi connectivity index (χ0v) is 15.7. The molecule has 7 heteroatoms. The molecule has 1 N–H and O–H groups in total. The highest BCUT2D eigenvalue weighted by Gasteiger charge is 2.11. The topological polar surface area (TPSA) is 53.7 Å². The molecule has 0 atom stereocenters. The van der Waals surface area contributed by atoms with Crippen LogP contribution in [0.3, 0.4) is 0 Å². The summed E-state index contributed by atoms with van der Waals surface area (Å²) in [7, 11) is 3.85. The summed E-state index contributed by atoms with van der Waals surface area (Å²) in [5.74, 6) is 1.78. The van der Waals surface area contributed by atoms with Crippen molar-refractivity contribution in [1.82, 2.24) is 15.4 Å². The molecular formula is C15H21BrN4OS. The average molecular weight is 385 g/mol. The van der Waals surface area contributed by atoms with Crippen LogP contribution in [0.4, 0.5) is 0 Å². The summed E-state index contributed by atoms with van der Waals surface area (Å²) in [5, 5.41) is 7.37. The summed E-state index contributed by atoms with van der Waals surface area (Å²) in [4.78, 5) is 7.75. The summed E-state index contributed by atoms with van der Waals surface area (Å²) in [5.41, 5.74) is 2.14. The number of nitrogens with one attached hydrogen (secondary N) is 1. The third-order valence-electron chi connectivity index (χ3n) is 3.43. The summed E-state index contributed by atoms with van der Waals surface area (Å²) in [6.07, 6.45) is 0.874. The number of aliphatic imine (C=N–C) groups is 1. The van der Waals surface area contributed by atoms with Crippen molar-refractivity contribution in [3.05, 3.63) is 37.8 Å². The van der Waals surface area contributed by atoms with E-state index in [0.29, 0.717) is 0 Å². The van der Waals surface area contributed by atoms with E-state index in [1.54, 1.807) is 18.4 Å². The largest absolute Gasteiger partial charge is 0.361 e. The van der Waals surface area contributed by atoms with Gasteiger partial charge in [-0.25, -0.2) is 0 Å². The minimum absolute atomic E-state index is 0.800. The van der Waals surface area contributed by atoms with E-state index < -0.39 is 0 Å². The zero-order valence-electron chi connectivity index (χ0n) is 13.3. The first kappa shape index (κ1) is 17.0. The monoisotopic (exact) mass is 384 g/mol. The molecule has 0 bridgehead atoms. The average Bonchev–Trinajstić information content (AvgIpc) is 3.02. The molecule has 0 aliphatic carbocycles. The highest BCUT2D eigenvalue weighted by Crippen LogP contribution is 2.23. The molecule has 0 radical (unpaired) electrons. The van der Waals surface area contributed by atoms with E-state index >= 15 is 0 Å². The number of halogens is 1. The van der Waals surface area contributed by atoms with E-state index in [-0.39, 0.29) is 0 Å². The van der Waals surface area contributed by atoms with Crippen LogP contribution in [0.2, 0.25) is 0 Å². The molecule has 5 nitrogen and oxygen atoms in total. The van der Waals surface area contributed by atoms with E-state index in [2.05, 4.69) is 48.4 Å². The Balaban J connectivity index is 1.87. The molecule has 0 unspecified atom stereocenters. The Morgan fingerprint density at radius 2 is 2.23 bits per heavy atom. The van der Waals surface area contributed by atoms with Crippen molar-refractivity contribution in [3.8, 4) is 0 Å². The predicted octanol–water partition coefficient (Wildman–Crippen LogP) is 3.37. The second kappa shape index (κ2) is 7.78. The number of rotatable bonds is 5. The van der Waals surface area contributed by atoms with Gasteiger partial charge in [-0.3, -0.25) is 4.99 Å². The van der Waals surface area contributed by atoms with Gasteiger partial charge in [0.1, 0.15) is 5.76 Å². The smallest absolute Gasteiger partial charge is 0.193 e. The minimum atomic E-state index is 0.800. The van der Waals surface area contributed by atoms with Gasteiger partial charge in [-0.15, -0.1) is 11.3 Å². The molecule has 0 aliphatic rings. The number of thiophene rings is 1. The highest BCUT2D eigenvalue weighted by atomic mass is 79.9. The van der Waals surface area contributed by atoms with E-state index in [1.807, 2.05) is 20.9 Å². The Morgan fingerprint density at radius 1 is 1.45 bits per heavy atom. The lowest BCUT2D eigenvalue weighted by Gasteiger charge is -2.21. The summed E-state index contributed by atoms with van der Waals surface area (Å²) in [6.45, 7) is 5.56. The van der Waals surface area contributed by atoms with Gasteiger partial charge in [0, 0.05) is 31.1 Å². The second-order valence-electron chi connectivity index (χ2n) is 5.09. The number of hydrogen-bond donors (Lipinski definition) is 1. The number of hydrogen-bond acceptors (Lipinski definition) is 4. The first-order chi connectivity index (χ1) is 10.5. The minimum Gasteiger partial charge on any atom is -0.361 e. The third kappa shape index (κ3) is 4.33. The Kier molecular flexibility index (Phi) is 6.02. The maximum atomic E-state index is 5.19. The van der Waals surface area contributed by atoms with Crippen LogP contribution in [-0.4, -0.2) is 36.7 Å². The van der Waals surface area contributed by atoms with Crippen LogP contribution < -0.4 is 5.32 Å². The molecule has 0 spiro atoms. The van der Waals surface area contributed by atoms with Gasteiger partial charge < -0.3 is 14.7 Å². The highest BCUT2D eigenvalue weighted by molar-refractivity contribution is 9.11. The number of nitrogens with zero attached hydrogens (tertiary/aromatic N) is 3. The first-order valence-electron chi connectivity index (χ1n) is 7.09. The van der Waals surface area contributed by atoms with Gasteiger partial charge in [-0.1, -0.05) is 5.16 Å². The van der Waals surface area contributed by atoms with E-state index in [1.165, 1.54) is 10.4 Å². The van der Waals surface area contributed by atoms with Crippen LogP contribution in [0.1, 0.15) is 21.9 Å². The van der Waals surface area contributed by atoms with E-state index in [9.17, 15) is 0 Å². The molecule has 2 aromatic rings. The summed E-state index contributed by atoms with van der Waals surface area (Å²) < 4.78 is 6.34. The van der Waals surface area contributed by atoms with Gasteiger partial charge in [0.15, 0.2) is 5.96 Å². The standard InChI is InChI=1S/C15H21BrN4OS/c1-10-13(11(2)21-19-10)7-8-18-15(17-3)20(4)9-12-5-6-14(16)22-12/h5-6H,7-9H2,1-4H3,(H,17,18). The van der Waals surface area contributed by atoms with E-state index in [0.717, 1.165) is 40.7 Å². The molecular weight excluding hydrogens is 364 g/mol. The Bertz CT molecular complexity index is 630. The summed E-state index contributed by atoms with van der Waals surface area (Å²) in [6, 6.07) is 4.20. The molecule has 2 aromatic heterocycles. The van der Waals surface area contributed by atoms with Crippen molar-refractivity contribution >= 4 is 33.2 Å².